The van der Waals surface area contributed by atoms with Gasteiger partial charge in [-0.1, -0.05) is 72.8 Å². The summed E-state index contributed by atoms with van der Waals surface area (Å²) in [5.74, 6) is -0.0413. The Hall–Kier alpha value is -4.36. The fourth-order valence-corrected chi connectivity index (χ4v) is 4.75. The van der Waals surface area contributed by atoms with Crippen molar-refractivity contribution in [2.75, 3.05) is 11.9 Å². The number of hydrogen-bond acceptors (Lipinski definition) is 5. The summed E-state index contributed by atoms with van der Waals surface area (Å²) in [5, 5.41) is 4.56. The molecule has 7 heteroatoms. The van der Waals surface area contributed by atoms with Crippen molar-refractivity contribution in [3.8, 4) is 5.75 Å². The van der Waals surface area contributed by atoms with Crippen molar-refractivity contribution < 1.29 is 19.1 Å². The molecule has 1 fully saturated rings. The zero-order valence-corrected chi connectivity index (χ0v) is 20.0. The van der Waals surface area contributed by atoms with Crippen molar-refractivity contribution in [1.29, 1.82) is 0 Å². The number of rotatable bonds is 7. The van der Waals surface area contributed by atoms with Crippen LogP contribution in [0.2, 0.25) is 0 Å². The third-order valence-electron chi connectivity index (χ3n) is 5.69. The first-order valence-electron chi connectivity index (χ1n) is 11.4. The summed E-state index contributed by atoms with van der Waals surface area (Å²) >= 11 is 0.935. The van der Waals surface area contributed by atoms with Gasteiger partial charge >= 0.3 is 0 Å². The number of imide groups is 1. The van der Waals surface area contributed by atoms with E-state index in [4.69, 9.17) is 4.74 Å². The lowest BCUT2D eigenvalue weighted by atomic mass is 10.0. The van der Waals surface area contributed by atoms with Crippen LogP contribution in [0.4, 0.5) is 10.5 Å². The van der Waals surface area contributed by atoms with E-state index in [-0.39, 0.29) is 30.2 Å². The molecule has 0 aromatic heterocycles. The van der Waals surface area contributed by atoms with Crippen molar-refractivity contribution in [2.45, 2.75) is 6.54 Å². The Balaban J connectivity index is 1.22. The van der Waals surface area contributed by atoms with E-state index in [0.29, 0.717) is 16.3 Å². The molecule has 0 bridgehead atoms. The molecule has 0 aliphatic carbocycles. The van der Waals surface area contributed by atoms with Crippen LogP contribution in [0, 0.1) is 0 Å². The molecular weight excluding hydrogens is 472 g/mol. The fourth-order valence-electron chi connectivity index (χ4n) is 3.92. The molecule has 3 amide bonds. The van der Waals surface area contributed by atoms with Gasteiger partial charge in [0.1, 0.15) is 5.75 Å². The van der Waals surface area contributed by atoms with Crippen LogP contribution in [-0.4, -0.2) is 28.6 Å². The van der Waals surface area contributed by atoms with Gasteiger partial charge in [-0.2, -0.15) is 0 Å². The summed E-state index contributed by atoms with van der Waals surface area (Å²) in [7, 11) is 0. The van der Waals surface area contributed by atoms with Gasteiger partial charge in [0.15, 0.2) is 6.61 Å². The Morgan fingerprint density at radius 3 is 2.39 bits per heavy atom. The number of para-hydroxylation sites is 1. The van der Waals surface area contributed by atoms with E-state index in [1.165, 1.54) is 4.90 Å². The van der Waals surface area contributed by atoms with Gasteiger partial charge in [-0.25, -0.2) is 0 Å². The zero-order chi connectivity index (χ0) is 24.9. The van der Waals surface area contributed by atoms with E-state index in [9.17, 15) is 14.4 Å². The molecule has 4 aromatic carbocycles. The van der Waals surface area contributed by atoms with Crippen LogP contribution < -0.4 is 10.1 Å². The quantitative estimate of drug-likeness (QED) is 0.315. The van der Waals surface area contributed by atoms with Crippen molar-refractivity contribution in [3.05, 3.63) is 113 Å². The zero-order valence-electron chi connectivity index (χ0n) is 19.2. The molecule has 1 N–H and O–H groups in total. The maximum atomic E-state index is 13.0. The molecule has 0 atom stereocenters. The Bertz CT molecular complexity index is 1460. The third kappa shape index (κ3) is 5.31. The number of amides is 3. The molecule has 0 radical (unpaired) electrons. The fraction of sp³-hybridized carbons (Fsp3) is 0.0690. The van der Waals surface area contributed by atoms with Crippen LogP contribution in [0.15, 0.2) is 102 Å². The molecule has 178 valence electrons. The summed E-state index contributed by atoms with van der Waals surface area (Å²) in [4.78, 5) is 39.3. The average molecular weight is 495 g/mol. The summed E-state index contributed by atoms with van der Waals surface area (Å²) in [6.07, 6.45) is 1.69. The molecule has 4 aromatic rings. The van der Waals surface area contributed by atoms with Crippen LogP contribution >= 0.6 is 11.8 Å². The Labute approximate surface area is 212 Å². The Kier molecular flexibility index (Phi) is 6.82. The van der Waals surface area contributed by atoms with E-state index in [0.717, 1.165) is 33.7 Å². The lowest BCUT2D eigenvalue weighted by molar-refractivity contribution is -0.123. The summed E-state index contributed by atoms with van der Waals surface area (Å²) in [6.45, 7) is 0.0997. The second-order valence-electron chi connectivity index (χ2n) is 8.18. The van der Waals surface area contributed by atoms with E-state index >= 15 is 0 Å². The molecule has 1 heterocycles. The minimum atomic E-state index is -0.309. The maximum Gasteiger partial charge on any atom is 0.293 e. The first-order chi connectivity index (χ1) is 17.6. The van der Waals surface area contributed by atoms with Crippen molar-refractivity contribution in [3.63, 3.8) is 0 Å². The molecule has 1 aliphatic heterocycles. The normalized spacial score (nSPS) is 14.4. The lowest BCUT2D eigenvalue weighted by Gasteiger charge is -2.14. The first-order valence-corrected chi connectivity index (χ1v) is 12.2. The number of anilines is 1. The number of thioether (sulfide) groups is 1. The van der Waals surface area contributed by atoms with Gasteiger partial charge in [-0.3, -0.25) is 19.3 Å². The van der Waals surface area contributed by atoms with Crippen LogP contribution in [0.25, 0.3) is 16.8 Å². The van der Waals surface area contributed by atoms with E-state index in [1.807, 2.05) is 60.7 Å². The number of carbonyl (C=O) groups excluding carboxylic acids is 3. The number of carbonyl (C=O) groups is 3. The molecule has 0 spiro atoms. The topological polar surface area (TPSA) is 75.7 Å². The standard InChI is InChI=1S/C29H22N2O4S/c32-27(30-23-10-2-1-3-11-23)19-35-24-15-13-20(14-16-24)17-26-28(33)31(29(34)36-26)18-22-9-6-8-21-7-4-5-12-25(21)22/h1-17H,18-19H2,(H,30,32)/b26-17+. The minimum Gasteiger partial charge on any atom is -0.484 e. The highest BCUT2D eigenvalue weighted by Gasteiger charge is 2.35. The largest absolute Gasteiger partial charge is 0.484 e. The lowest BCUT2D eigenvalue weighted by Crippen LogP contribution is -2.27. The smallest absolute Gasteiger partial charge is 0.293 e. The summed E-state index contributed by atoms with van der Waals surface area (Å²) in [5.41, 5.74) is 2.39. The second-order valence-corrected chi connectivity index (χ2v) is 9.17. The third-order valence-corrected chi connectivity index (χ3v) is 6.59. The van der Waals surface area contributed by atoms with Gasteiger partial charge in [0.2, 0.25) is 0 Å². The highest BCUT2D eigenvalue weighted by Crippen LogP contribution is 2.34. The molecule has 1 saturated heterocycles. The average Bonchev–Trinajstić information content (AvgIpc) is 3.16. The predicted octanol–water partition coefficient (Wildman–Crippen LogP) is 6.09. The predicted molar refractivity (Wildman–Crippen MR) is 142 cm³/mol. The number of nitrogens with zero attached hydrogens (tertiary/aromatic N) is 1. The number of fused-ring (bicyclic) bond motifs is 1. The van der Waals surface area contributed by atoms with Gasteiger partial charge in [-0.15, -0.1) is 0 Å². The Morgan fingerprint density at radius 1 is 0.861 bits per heavy atom. The molecule has 0 unspecified atom stereocenters. The van der Waals surface area contributed by atoms with Gasteiger partial charge < -0.3 is 10.1 Å². The number of benzene rings is 4. The number of nitrogens with one attached hydrogen (secondary N) is 1. The molecule has 6 nitrogen and oxygen atoms in total. The monoisotopic (exact) mass is 494 g/mol. The van der Waals surface area contributed by atoms with Crippen LogP contribution in [-0.2, 0) is 16.1 Å². The summed E-state index contributed by atoms with van der Waals surface area (Å²) < 4.78 is 5.55. The van der Waals surface area contributed by atoms with Gasteiger partial charge in [0, 0.05) is 5.69 Å². The first kappa shape index (κ1) is 23.4. The molecule has 0 saturated carbocycles. The highest BCUT2D eigenvalue weighted by atomic mass is 32.2. The Morgan fingerprint density at radius 2 is 1.58 bits per heavy atom. The van der Waals surface area contributed by atoms with Crippen LogP contribution in [0.1, 0.15) is 11.1 Å². The van der Waals surface area contributed by atoms with Crippen LogP contribution in [0.3, 0.4) is 0 Å². The number of hydrogen-bond donors (Lipinski definition) is 1. The SMILES string of the molecule is O=C(COc1ccc(/C=C2/SC(=O)N(Cc3cccc4ccccc34)C2=O)cc1)Nc1ccccc1. The molecule has 1 aliphatic rings. The maximum absolute atomic E-state index is 13.0. The van der Waals surface area contributed by atoms with Crippen molar-refractivity contribution >= 4 is 51.4 Å². The minimum absolute atomic E-state index is 0.124. The number of ether oxygens (including phenoxy) is 1. The van der Waals surface area contributed by atoms with Gasteiger partial charge in [0.05, 0.1) is 11.4 Å². The van der Waals surface area contributed by atoms with Crippen molar-refractivity contribution in [2.24, 2.45) is 0 Å². The molecule has 5 rings (SSSR count). The summed E-state index contributed by atoms with van der Waals surface area (Å²) in [6, 6.07) is 30.0. The van der Waals surface area contributed by atoms with E-state index in [1.54, 1.807) is 42.5 Å². The van der Waals surface area contributed by atoms with Crippen molar-refractivity contribution in [1.82, 2.24) is 4.90 Å². The van der Waals surface area contributed by atoms with E-state index in [2.05, 4.69) is 5.32 Å². The highest BCUT2D eigenvalue weighted by molar-refractivity contribution is 8.18. The van der Waals surface area contributed by atoms with Gasteiger partial charge in [-0.05, 0) is 64.0 Å². The second kappa shape index (κ2) is 10.5. The molecule has 36 heavy (non-hydrogen) atoms. The van der Waals surface area contributed by atoms with E-state index < -0.39 is 0 Å². The van der Waals surface area contributed by atoms with Gasteiger partial charge in [0.25, 0.3) is 17.1 Å². The molecular formula is C29H22N2O4S. The van der Waals surface area contributed by atoms with Crippen LogP contribution in [0.5, 0.6) is 5.75 Å².